The van der Waals surface area contributed by atoms with E-state index in [1.54, 1.807) is 6.92 Å². The zero-order chi connectivity index (χ0) is 11.7. The first kappa shape index (κ1) is 10.9. The van der Waals surface area contributed by atoms with Gasteiger partial charge in [0.15, 0.2) is 0 Å². The molecule has 1 aromatic heterocycles. The Labute approximate surface area is 101 Å². The van der Waals surface area contributed by atoms with E-state index >= 15 is 0 Å². The van der Waals surface area contributed by atoms with Crippen molar-refractivity contribution < 1.29 is 0 Å². The van der Waals surface area contributed by atoms with Crippen molar-refractivity contribution in [1.29, 1.82) is 0 Å². The molecular weight excluding hydrogens is 270 g/mol. The summed E-state index contributed by atoms with van der Waals surface area (Å²) in [5.74, 6) is 0.253. The number of nitrogens with one attached hydrogen (secondary N) is 1. The average Bonchev–Trinajstić information content (AvgIpc) is 2.19. The Hall–Kier alpha value is -1.62. The molecule has 0 fully saturated rings. The molecule has 3 N–H and O–H groups in total. The molecule has 0 saturated heterocycles. The third-order valence-corrected chi connectivity index (χ3v) is 2.81. The van der Waals surface area contributed by atoms with E-state index in [1.807, 2.05) is 24.3 Å². The summed E-state index contributed by atoms with van der Waals surface area (Å²) in [6.07, 6.45) is 0. The van der Waals surface area contributed by atoms with Crippen molar-refractivity contribution in [3.63, 3.8) is 0 Å². The van der Waals surface area contributed by atoms with E-state index in [-0.39, 0.29) is 5.82 Å². The molecule has 1 aromatic carbocycles. The number of benzene rings is 1. The quantitative estimate of drug-likeness (QED) is 0.840. The second-order valence-corrected chi connectivity index (χ2v) is 4.35. The summed E-state index contributed by atoms with van der Waals surface area (Å²) in [6.45, 7) is 1.80. The Morgan fingerprint density at radius 2 is 1.94 bits per heavy atom. The van der Waals surface area contributed by atoms with Gasteiger partial charge in [0.1, 0.15) is 5.82 Å². The third kappa shape index (κ3) is 1.99. The van der Waals surface area contributed by atoms with Crippen LogP contribution in [0, 0.1) is 6.92 Å². The maximum atomic E-state index is 11.1. The monoisotopic (exact) mass is 279 g/mol. The number of hydrogen-bond donors (Lipinski definition) is 2. The molecule has 2 aromatic rings. The van der Waals surface area contributed by atoms with Crippen molar-refractivity contribution in [2.45, 2.75) is 6.92 Å². The van der Waals surface area contributed by atoms with Crippen molar-refractivity contribution in [2.75, 3.05) is 5.73 Å². The normalized spacial score (nSPS) is 10.4. The van der Waals surface area contributed by atoms with Crippen LogP contribution in [0.4, 0.5) is 5.82 Å². The number of rotatable bonds is 1. The molecule has 0 aliphatic rings. The van der Waals surface area contributed by atoms with Gasteiger partial charge in [-0.3, -0.25) is 0 Å². The fourth-order valence-electron chi connectivity index (χ4n) is 1.59. The Morgan fingerprint density at radius 1 is 1.31 bits per heavy atom. The SMILES string of the molecule is Cc1[nH]c(=O)nc(N)c1-c1ccc(Br)cc1. The van der Waals surface area contributed by atoms with E-state index < -0.39 is 5.69 Å². The summed E-state index contributed by atoms with van der Waals surface area (Å²) in [5.41, 5.74) is 7.75. The summed E-state index contributed by atoms with van der Waals surface area (Å²) < 4.78 is 0.991. The van der Waals surface area contributed by atoms with Gasteiger partial charge in [0, 0.05) is 15.7 Å². The van der Waals surface area contributed by atoms with Crippen LogP contribution in [-0.4, -0.2) is 9.97 Å². The minimum atomic E-state index is -0.420. The molecule has 82 valence electrons. The number of nitrogen functional groups attached to an aromatic ring is 1. The van der Waals surface area contributed by atoms with E-state index in [0.29, 0.717) is 0 Å². The predicted octanol–water partition coefficient (Wildman–Crippen LogP) is 2.09. The molecule has 0 atom stereocenters. The topological polar surface area (TPSA) is 71.8 Å². The van der Waals surface area contributed by atoms with Gasteiger partial charge in [-0.05, 0) is 24.6 Å². The molecule has 0 radical (unpaired) electrons. The number of nitrogens with zero attached hydrogens (tertiary/aromatic N) is 1. The number of anilines is 1. The molecule has 5 heteroatoms. The molecule has 1 heterocycles. The molecule has 2 rings (SSSR count). The summed E-state index contributed by atoms with van der Waals surface area (Å²) in [7, 11) is 0. The Morgan fingerprint density at radius 3 is 2.50 bits per heavy atom. The zero-order valence-electron chi connectivity index (χ0n) is 8.62. The fourth-order valence-corrected chi connectivity index (χ4v) is 1.85. The number of H-pyrrole nitrogens is 1. The van der Waals surface area contributed by atoms with Crippen molar-refractivity contribution in [2.24, 2.45) is 0 Å². The molecule has 16 heavy (non-hydrogen) atoms. The second kappa shape index (κ2) is 4.09. The molecule has 0 saturated carbocycles. The van der Waals surface area contributed by atoms with Gasteiger partial charge in [-0.25, -0.2) is 4.79 Å². The smallest absolute Gasteiger partial charge is 0.347 e. The third-order valence-electron chi connectivity index (χ3n) is 2.28. The standard InChI is InChI=1S/C11H10BrN3O/c1-6-9(10(13)15-11(16)14-6)7-2-4-8(12)5-3-7/h2-5H,1H3,(H3,13,14,15,16). The first-order valence-electron chi connectivity index (χ1n) is 4.70. The van der Waals surface area contributed by atoms with Crippen molar-refractivity contribution in [1.82, 2.24) is 9.97 Å². The Balaban J connectivity index is 2.64. The van der Waals surface area contributed by atoms with Gasteiger partial charge in [0.25, 0.3) is 0 Å². The van der Waals surface area contributed by atoms with Crippen LogP contribution in [-0.2, 0) is 0 Å². The van der Waals surface area contributed by atoms with Crippen LogP contribution in [0.25, 0.3) is 11.1 Å². The van der Waals surface area contributed by atoms with Crippen molar-refractivity contribution in [3.05, 3.63) is 44.9 Å². The van der Waals surface area contributed by atoms with E-state index in [2.05, 4.69) is 25.9 Å². The van der Waals surface area contributed by atoms with E-state index in [1.165, 1.54) is 0 Å². The lowest BCUT2D eigenvalue weighted by atomic mass is 10.1. The average molecular weight is 280 g/mol. The molecule has 4 nitrogen and oxygen atoms in total. The van der Waals surface area contributed by atoms with Gasteiger partial charge in [-0.15, -0.1) is 0 Å². The highest BCUT2D eigenvalue weighted by Gasteiger charge is 2.08. The lowest BCUT2D eigenvalue weighted by molar-refractivity contribution is 1.04. The maximum absolute atomic E-state index is 11.1. The number of aromatic amines is 1. The molecule has 0 bridgehead atoms. The Bertz CT molecular complexity index is 549. The van der Waals surface area contributed by atoms with Gasteiger partial charge in [-0.2, -0.15) is 4.98 Å². The fraction of sp³-hybridized carbons (Fsp3) is 0.0909. The van der Waals surface area contributed by atoms with Gasteiger partial charge in [0.2, 0.25) is 0 Å². The minimum absolute atomic E-state index is 0.253. The minimum Gasteiger partial charge on any atom is -0.383 e. The van der Waals surface area contributed by atoms with E-state index in [0.717, 1.165) is 21.3 Å². The highest BCUT2D eigenvalue weighted by atomic mass is 79.9. The zero-order valence-corrected chi connectivity index (χ0v) is 10.2. The number of hydrogen-bond acceptors (Lipinski definition) is 3. The van der Waals surface area contributed by atoms with E-state index in [4.69, 9.17) is 5.73 Å². The lowest BCUT2D eigenvalue weighted by Gasteiger charge is -2.07. The molecule has 0 aliphatic carbocycles. The first-order valence-corrected chi connectivity index (χ1v) is 5.49. The Kier molecular flexibility index (Phi) is 2.78. The van der Waals surface area contributed by atoms with Crippen LogP contribution in [0.5, 0.6) is 0 Å². The number of nitrogens with two attached hydrogens (primary N) is 1. The van der Waals surface area contributed by atoms with Crippen LogP contribution in [0.15, 0.2) is 33.5 Å². The number of aromatic nitrogens is 2. The molecule has 0 aliphatic heterocycles. The highest BCUT2D eigenvalue weighted by molar-refractivity contribution is 9.10. The number of halogens is 1. The van der Waals surface area contributed by atoms with Crippen molar-refractivity contribution in [3.8, 4) is 11.1 Å². The summed E-state index contributed by atoms with van der Waals surface area (Å²) in [6, 6.07) is 7.67. The summed E-state index contributed by atoms with van der Waals surface area (Å²) in [5, 5.41) is 0. The maximum Gasteiger partial charge on any atom is 0.347 e. The van der Waals surface area contributed by atoms with Crippen molar-refractivity contribution >= 4 is 21.7 Å². The van der Waals surface area contributed by atoms with Gasteiger partial charge < -0.3 is 10.7 Å². The molecule has 0 spiro atoms. The van der Waals surface area contributed by atoms with Crippen LogP contribution in [0.1, 0.15) is 5.69 Å². The van der Waals surface area contributed by atoms with Gasteiger partial charge in [-0.1, -0.05) is 28.1 Å². The molecule has 0 amide bonds. The van der Waals surface area contributed by atoms with Gasteiger partial charge >= 0.3 is 5.69 Å². The van der Waals surface area contributed by atoms with Crippen LogP contribution in [0.2, 0.25) is 0 Å². The lowest BCUT2D eigenvalue weighted by Crippen LogP contribution is -2.15. The second-order valence-electron chi connectivity index (χ2n) is 3.43. The molecular formula is C11H10BrN3O. The number of aryl methyl sites for hydroxylation is 1. The van der Waals surface area contributed by atoms with Crippen LogP contribution < -0.4 is 11.4 Å². The molecule has 0 unspecified atom stereocenters. The van der Waals surface area contributed by atoms with Crippen LogP contribution >= 0.6 is 15.9 Å². The van der Waals surface area contributed by atoms with Crippen LogP contribution in [0.3, 0.4) is 0 Å². The summed E-state index contributed by atoms with van der Waals surface area (Å²) >= 11 is 3.36. The van der Waals surface area contributed by atoms with Gasteiger partial charge in [0.05, 0.1) is 0 Å². The predicted molar refractivity (Wildman–Crippen MR) is 67.1 cm³/mol. The largest absolute Gasteiger partial charge is 0.383 e. The summed E-state index contributed by atoms with van der Waals surface area (Å²) in [4.78, 5) is 17.4. The highest BCUT2D eigenvalue weighted by Crippen LogP contribution is 2.26. The van der Waals surface area contributed by atoms with E-state index in [9.17, 15) is 4.79 Å². The first-order chi connectivity index (χ1) is 7.58.